The van der Waals surface area contributed by atoms with E-state index in [1.807, 2.05) is 12.3 Å². The lowest BCUT2D eigenvalue weighted by Crippen LogP contribution is -2.10. The predicted octanol–water partition coefficient (Wildman–Crippen LogP) is 2.42. The standard InChI is InChI=1S/C11H17N3/c1-8(2)7-13-10-5-6-12-11(14-10)9-3-4-9/h5-6,8-9H,3-4,7H2,1-2H3,(H,12,13,14). The fraction of sp³-hybridized carbons (Fsp3) is 0.636. The largest absolute Gasteiger partial charge is 0.370 e. The van der Waals surface area contributed by atoms with Crippen molar-refractivity contribution in [3.8, 4) is 0 Å². The molecule has 3 heteroatoms. The second kappa shape index (κ2) is 3.95. The van der Waals surface area contributed by atoms with Crippen molar-refractivity contribution in [2.75, 3.05) is 11.9 Å². The van der Waals surface area contributed by atoms with Crippen LogP contribution in [0.25, 0.3) is 0 Å². The van der Waals surface area contributed by atoms with E-state index in [-0.39, 0.29) is 0 Å². The van der Waals surface area contributed by atoms with Crippen molar-refractivity contribution in [1.29, 1.82) is 0 Å². The summed E-state index contributed by atoms with van der Waals surface area (Å²) in [6.45, 7) is 5.35. The van der Waals surface area contributed by atoms with Gasteiger partial charge >= 0.3 is 0 Å². The van der Waals surface area contributed by atoms with E-state index in [9.17, 15) is 0 Å². The highest BCUT2D eigenvalue weighted by Gasteiger charge is 2.26. The van der Waals surface area contributed by atoms with E-state index >= 15 is 0 Å². The van der Waals surface area contributed by atoms with Crippen LogP contribution in [0.4, 0.5) is 5.82 Å². The Kier molecular flexibility index (Phi) is 2.66. The van der Waals surface area contributed by atoms with Crippen molar-refractivity contribution in [2.45, 2.75) is 32.6 Å². The van der Waals surface area contributed by atoms with Crippen LogP contribution >= 0.6 is 0 Å². The monoisotopic (exact) mass is 191 g/mol. The minimum Gasteiger partial charge on any atom is -0.370 e. The topological polar surface area (TPSA) is 37.8 Å². The molecule has 3 nitrogen and oxygen atoms in total. The highest BCUT2D eigenvalue weighted by molar-refractivity contribution is 5.33. The molecule has 0 spiro atoms. The highest BCUT2D eigenvalue weighted by Crippen LogP contribution is 2.37. The molecule has 2 rings (SSSR count). The smallest absolute Gasteiger partial charge is 0.133 e. The van der Waals surface area contributed by atoms with Crippen molar-refractivity contribution < 1.29 is 0 Å². The third kappa shape index (κ3) is 2.44. The number of nitrogens with one attached hydrogen (secondary N) is 1. The molecule has 1 aromatic heterocycles. The van der Waals surface area contributed by atoms with Crippen molar-refractivity contribution >= 4 is 5.82 Å². The van der Waals surface area contributed by atoms with E-state index in [1.54, 1.807) is 0 Å². The Bertz CT molecular complexity index is 305. The molecule has 1 N–H and O–H groups in total. The van der Waals surface area contributed by atoms with E-state index in [0.717, 1.165) is 18.2 Å². The molecule has 1 fully saturated rings. The summed E-state index contributed by atoms with van der Waals surface area (Å²) in [5, 5.41) is 3.32. The Balaban J connectivity index is 1.99. The van der Waals surface area contributed by atoms with Crippen LogP contribution in [-0.2, 0) is 0 Å². The summed E-state index contributed by atoms with van der Waals surface area (Å²) < 4.78 is 0. The van der Waals surface area contributed by atoms with Crippen LogP contribution in [0.2, 0.25) is 0 Å². The molecule has 1 heterocycles. The molecule has 1 aromatic rings. The van der Waals surface area contributed by atoms with Gasteiger partial charge in [0.1, 0.15) is 11.6 Å². The van der Waals surface area contributed by atoms with Gasteiger partial charge in [-0.2, -0.15) is 0 Å². The molecule has 0 aromatic carbocycles. The third-order valence-corrected chi connectivity index (χ3v) is 2.31. The molecule has 0 radical (unpaired) electrons. The third-order valence-electron chi connectivity index (χ3n) is 2.31. The van der Waals surface area contributed by atoms with Crippen molar-refractivity contribution in [3.63, 3.8) is 0 Å². The Labute approximate surface area is 85.0 Å². The average molecular weight is 191 g/mol. The van der Waals surface area contributed by atoms with E-state index in [4.69, 9.17) is 0 Å². The lowest BCUT2D eigenvalue weighted by atomic mass is 10.2. The molecule has 14 heavy (non-hydrogen) atoms. The average Bonchev–Trinajstić information content (AvgIpc) is 2.98. The van der Waals surface area contributed by atoms with Crippen LogP contribution in [0.5, 0.6) is 0 Å². The van der Waals surface area contributed by atoms with Gasteiger partial charge in [0.15, 0.2) is 0 Å². The normalized spacial score (nSPS) is 15.9. The van der Waals surface area contributed by atoms with Gasteiger partial charge in [-0.15, -0.1) is 0 Å². The van der Waals surface area contributed by atoms with E-state index in [0.29, 0.717) is 11.8 Å². The highest BCUT2D eigenvalue weighted by atomic mass is 15.0. The molecule has 0 aliphatic heterocycles. The van der Waals surface area contributed by atoms with Gasteiger partial charge in [-0.25, -0.2) is 9.97 Å². The van der Waals surface area contributed by atoms with Gasteiger partial charge in [-0.3, -0.25) is 0 Å². The van der Waals surface area contributed by atoms with E-state index < -0.39 is 0 Å². The number of hydrogen-bond donors (Lipinski definition) is 1. The molecule has 0 amide bonds. The Morgan fingerprint density at radius 2 is 2.29 bits per heavy atom. The van der Waals surface area contributed by atoms with Gasteiger partial charge < -0.3 is 5.32 Å². The summed E-state index contributed by atoms with van der Waals surface area (Å²) in [5.74, 6) is 3.26. The van der Waals surface area contributed by atoms with E-state index in [1.165, 1.54) is 12.8 Å². The summed E-state index contributed by atoms with van der Waals surface area (Å²) in [4.78, 5) is 8.76. The predicted molar refractivity (Wildman–Crippen MR) is 57.3 cm³/mol. The first-order chi connectivity index (χ1) is 6.75. The molecular formula is C11H17N3. The van der Waals surface area contributed by atoms with Crippen molar-refractivity contribution in [3.05, 3.63) is 18.1 Å². The van der Waals surface area contributed by atoms with Crippen LogP contribution in [0.1, 0.15) is 38.4 Å². The van der Waals surface area contributed by atoms with Crippen LogP contribution in [0, 0.1) is 5.92 Å². The summed E-state index contributed by atoms with van der Waals surface area (Å²) >= 11 is 0. The summed E-state index contributed by atoms with van der Waals surface area (Å²) in [6.07, 6.45) is 4.37. The molecule has 1 saturated carbocycles. The lowest BCUT2D eigenvalue weighted by molar-refractivity contribution is 0.686. The van der Waals surface area contributed by atoms with Crippen molar-refractivity contribution in [1.82, 2.24) is 9.97 Å². The molecular weight excluding hydrogens is 174 g/mol. The molecule has 0 bridgehead atoms. The van der Waals surface area contributed by atoms with Crippen molar-refractivity contribution in [2.24, 2.45) is 5.92 Å². The number of hydrogen-bond acceptors (Lipinski definition) is 3. The fourth-order valence-electron chi connectivity index (χ4n) is 1.32. The zero-order valence-electron chi connectivity index (χ0n) is 8.83. The Morgan fingerprint density at radius 1 is 1.50 bits per heavy atom. The first kappa shape index (κ1) is 9.44. The summed E-state index contributed by atoms with van der Waals surface area (Å²) in [5.41, 5.74) is 0. The summed E-state index contributed by atoms with van der Waals surface area (Å²) in [7, 11) is 0. The van der Waals surface area contributed by atoms with Gasteiger partial charge in [0.25, 0.3) is 0 Å². The zero-order chi connectivity index (χ0) is 9.97. The zero-order valence-corrected chi connectivity index (χ0v) is 8.83. The Morgan fingerprint density at radius 3 is 2.93 bits per heavy atom. The van der Waals surface area contributed by atoms with E-state index in [2.05, 4.69) is 29.1 Å². The van der Waals surface area contributed by atoms with Gasteiger partial charge in [-0.05, 0) is 24.8 Å². The minimum atomic E-state index is 0.635. The van der Waals surface area contributed by atoms with Gasteiger partial charge in [0, 0.05) is 18.7 Å². The maximum absolute atomic E-state index is 4.48. The molecule has 1 aliphatic rings. The number of nitrogens with zero attached hydrogens (tertiary/aromatic N) is 2. The van der Waals surface area contributed by atoms with Crippen LogP contribution < -0.4 is 5.32 Å². The maximum Gasteiger partial charge on any atom is 0.133 e. The first-order valence-electron chi connectivity index (χ1n) is 5.32. The number of rotatable bonds is 4. The molecule has 0 atom stereocenters. The second-order valence-electron chi connectivity index (χ2n) is 4.35. The van der Waals surface area contributed by atoms with Crippen LogP contribution in [0.15, 0.2) is 12.3 Å². The number of anilines is 1. The number of aromatic nitrogens is 2. The SMILES string of the molecule is CC(C)CNc1ccnc(C2CC2)n1. The lowest BCUT2D eigenvalue weighted by Gasteiger charge is -2.08. The van der Waals surface area contributed by atoms with Gasteiger partial charge in [0.2, 0.25) is 0 Å². The minimum absolute atomic E-state index is 0.635. The molecule has 0 unspecified atom stereocenters. The van der Waals surface area contributed by atoms with Gasteiger partial charge in [0.05, 0.1) is 0 Å². The van der Waals surface area contributed by atoms with Crippen LogP contribution in [0.3, 0.4) is 0 Å². The fourth-order valence-corrected chi connectivity index (χ4v) is 1.32. The molecule has 76 valence electrons. The maximum atomic E-state index is 4.48. The van der Waals surface area contributed by atoms with Gasteiger partial charge in [-0.1, -0.05) is 13.8 Å². The Hall–Kier alpha value is -1.12. The first-order valence-corrected chi connectivity index (χ1v) is 5.32. The second-order valence-corrected chi connectivity index (χ2v) is 4.35. The quantitative estimate of drug-likeness (QED) is 0.794. The molecule has 0 saturated heterocycles. The summed E-state index contributed by atoms with van der Waals surface area (Å²) in [6, 6.07) is 1.94. The van der Waals surface area contributed by atoms with Crippen LogP contribution in [-0.4, -0.2) is 16.5 Å². The molecule has 1 aliphatic carbocycles.